The molecule has 0 amide bonds. The molecule has 0 bridgehead atoms. The lowest BCUT2D eigenvalue weighted by atomic mass is 10.6. The maximum atomic E-state index is 9.93. The second kappa shape index (κ2) is 2.10. The fraction of sp³-hybridized carbons (Fsp3) is 0. The highest BCUT2D eigenvalue weighted by Crippen LogP contribution is 2.17. The zero-order chi connectivity index (χ0) is 6.85. The van der Waals surface area contributed by atoms with Crippen molar-refractivity contribution in [2.75, 3.05) is 0 Å². The van der Waals surface area contributed by atoms with E-state index in [1.807, 2.05) is 0 Å². The molecule has 9 heavy (non-hydrogen) atoms. The van der Waals surface area contributed by atoms with Gasteiger partial charge in [-0.3, -0.25) is 10.1 Å². The summed E-state index contributed by atoms with van der Waals surface area (Å²) in [6, 6.07) is 1.24. The lowest BCUT2D eigenvalue weighted by Crippen LogP contribution is -1.82. The minimum Gasteiger partial charge on any atom is -0.451 e. The van der Waals surface area contributed by atoms with Gasteiger partial charge >= 0.3 is 5.69 Å². The molecule has 5 heteroatoms. The number of furan rings is 1. The number of rotatable bonds is 1. The molecule has 48 valence electrons. The van der Waals surface area contributed by atoms with Gasteiger partial charge in [-0.2, -0.15) is 0 Å². The molecule has 0 aliphatic carbocycles. The molecule has 1 aromatic rings. The minimum absolute atomic E-state index is 0.0694. The third kappa shape index (κ3) is 1.23. The Morgan fingerprint density at radius 3 is 2.67 bits per heavy atom. The molecular formula is C4H3NO3S. The smallest absolute Gasteiger partial charge is 0.308 e. The van der Waals surface area contributed by atoms with E-state index in [4.69, 9.17) is 0 Å². The summed E-state index contributed by atoms with van der Waals surface area (Å²) in [7, 11) is 0. The second-order valence-electron chi connectivity index (χ2n) is 1.40. The third-order valence-electron chi connectivity index (χ3n) is 0.783. The highest BCUT2D eigenvalue weighted by Gasteiger charge is 2.07. The Labute approximate surface area is 56.0 Å². The summed E-state index contributed by atoms with van der Waals surface area (Å²) in [4.78, 5) is 9.39. The van der Waals surface area contributed by atoms with E-state index in [1.54, 1.807) is 0 Å². The molecule has 0 aliphatic rings. The highest BCUT2D eigenvalue weighted by molar-refractivity contribution is 7.80. The van der Waals surface area contributed by atoms with Crippen LogP contribution < -0.4 is 0 Å². The SMILES string of the molecule is O=[N+]([O-])c1coc(S)c1. The van der Waals surface area contributed by atoms with Crippen LogP contribution in [0, 0.1) is 10.1 Å². The van der Waals surface area contributed by atoms with Crippen molar-refractivity contribution in [1.82, 2.24) is 0 Å². The molecular weight excluding hydrogens is 142 g/mol. The van der Waals surface area contributed by atoms with Gasteiger partial charge in [0.2, 0.25) is 0 Å². The Balaban J connectivity index is 2.98. The van der Waals surface area contributed by atoms with Gasteiger partial charge in [-0.25, -0.2) is 0 Å². The van der Waals surface area contributed by atoms with Gasteiger partial charge in [-0.05, 0) is 0 Å². The number of hydrogen-bond donors (Lipinski definition) is 1. The van der Waals surface area contributed by atoms with Crippen LogP contribution in [0.25, 0.3) is 0 Å². The molecule has 0 radical (unpaired) electrons. The van der Waals surface area contributed by atoms with Crippen LogP contribution in [-0.4, -0.2) is 4.92 Å². The van der Waals surface area contributed by atoms with Crippen LogP contribution in [0.1, 0.15) is 0 Å². The van der Waals surface area contributed by atoms with Gasteiger partial charge in [-0.15, -0.1) is 12.6 Å². The number of hydrogen-bond acceptors (Lipinski definition) is 4. The monoisotopic (exact) mass is 145 g/mol. The highest BCUT2D eigenvalue weighted by atomic mass is 32.1. The quantitative estimate of drug-likeness (QED) is 0.370. The maximum absolute atomic E-state index is 9.93. The summed E-state index contributed by atoms with van der Waals surface area (Å²) in [5.41, 5.74) is -0.0694. The molecule has 0 fully saturated rings. The van der Waals surface area contributed by atoms with Crippen LogP contribution >= 0.6 is 12.6 Å². The van der Waals surface area contributed by atoms with Crippen LogP contribution in [0.4, 0.5) is 5.69 Å². The van der Waals surface area contributed by atoms with Gasteiger partial charge in [0.1, 0.15) is 0 Å². The van der Waals surface area contributed by atoms with E-state index in [0.717, 1.165) is 6.26 Å². The number of nitrogens with zero attached hydrogens (tertiary/aromatic N) is 1. The Kier molecular flexibility index (Phi) is 1.44. The summed E-state index contributed by atoms with van der Waals surface area (Å²) in [6.07, 6.45) is 1.04. The first-order valence-corrected chi connectivity index (χ1v) is 2.57. The lowest BCUT2D eigenvalue weighted by Gasteiger charge is -1.76. The number of nitro groups is 1. The molecule has 0 atom stereocenters. The van der Waals surface area contributed by atoms with Gasteiger partial charge in [0.15, 0.2) is 11.4 Å². The van der Waals surface area contributed by atoms with Crippen molar-refractivity contribution < 1.29 is 9.34 Å². The van der Waals surface area contributed by atoms with E-state index in [0.29, 0.717) is 0 Å². The van der Waals surface area contributed by atoms with Crippen LogP contribution in [0.3, 0.4) is 0 Å². The largest absolute Gasteiger partial charge is 0.451 e. The van der Waals surface area contributed by atoms with Gasteiger partial charge in [0.25, 0.3) is 0 Å². The fourth-order valence-corrected chi connectivity index (χ4v) is 0.596. The van der Waals surface area contributed by atoms with Crippen molar-refractivity contribution in [3.63, 3.8) is 0 Å². The molecule has 1 heterocycles. The van der Waals surface area contributed by atoms with E-state index in [1.165, 1.54) is 6.07 Å². The summed E-state index contributed by atoms with van der Waals surface area (Å²) >= 11 is 3.73. The molecule has 1 aromatic heterocycles. The Bertz CT molecular complexity index is 231. The molecule has 4 nitrogen and oxygen atoms in total. The average Bonchev–Trinajstić information content (AvgIpc) is 2.14. The molecule has 0 N–H and O–H groups in total. The topological polar surface area (TPSA) is 56.3 Å². The molecule has 0 aromatic carbocycles. The van der Waals surface area contributed by atoms with E-state index < -0.39 is 4.92 Å². The van der Waals surface area contributed by atoms with Gasteiger partial charge in [-0.1, -0.05) is 0 Å². The van der Waals surface area contributed by atoms with E-state index in [9.17, 15) is 10.1 Å². The van der Waals surface area contributed by atoms with Crippen molar-refractivity contribution >= 4 is 18.3 Å². The van der Waals surface area contributed by atoms with Gasteiger partial charge < -0.3 is 4.42 Å². The van der Waals surface area contributed by atoms with E-state index in [2.05, 4.69) is 17.0 Å². The predicted octanol–water partition coefficient (Wildman–Crippen LogP) is 1.48. The zero-order valence-electron chi connectivity index (χ0n) is 4.27. The van der Waals surface area contributed by atoms with Gasteiger partial charge in [0, 0.05) is 0 Å². The molecule has 0 unspecified atom stereocenters. The average molecular weight is 145 g/mol. The normalized spacial score (nSPS) is 9.44. The second-order valence-corrected chi connectivity index (χ2v) is 1.84. The van der Waals surface area contributed by atoms with Crippen LogP contribution in [-0.2, 0) is 0 Å². The standard InChI is InChI=1S/C4H3NO3S/c6-5(7)3-1-4(9)8-2-3/h1-2,9H. The first-order valence-electron chi connectivity index (χ1n) is 2.12. The molecule has 0 saturated heterocycles. The Morgan fingerprint density at radius 1 is 1.78 bits per heavy atom. The fourth-order valence-electron chi connectivity index (χ4n) is 0.411. The third-order valence-corrected chi connectivity index (χ3v) is 1.02. The van der Waals surface area contributed by atoms with Crippen molar-refractivity contribution in [3.8, 4) is 0 Å². The number of thiol groups is 1. The maximum Gasteiger partial charge on any atom is 0.308 e. The summed E-state index contributed by atoms with van der Waals surface area (Å²) in [5.74, 6) is 0. The minimum atomic E-state index is -0.538. The van der Waals surface area contributed by atoms with E-state index >= 15 is 0 Å². The first kappa shape index (κ1) is 6.15. The predicted molar refractivity (Wildman–Crippen MR) is 32.6 cm³/mol. The lowest BCUT2D eigenvalue weighted by molar-refractivity contribution is -0.385. The van der Waals surface area contributed by atoms with Crippen LogP contribution in [0.15, 0.2) is 21.8 Å². The first-order chi connectivity index (χ1) is 4.20. The Morgan fingerprint density at radius 2 is 2.44 bits per heavy atom. The van der Waals surface area contributed by atoms with Crippen molar-refractivity contribution in [2.24, 2.45) is 0 Å². The van der Waals surface area contributed by atoms with Crippen molar-refractivity contribution in [1.29, 1.82) is 0 Å². The van der Waals surface area contributed by atoms with E-state index in [-0.39, 0.29) is 10.8 Å². The van der Waals surface area contributed by atoms with Crippen LogP contribution in [0.5, 0.6) is 0 Å². The molecule has 1 rings (SSSR count). The molecule has 0 aliphatic heterocycles. The zero-order valence-corrected chi connectivity index (χ0v) is 5.17. The summed E-state index contributed by atoms with van der Waals surface area (Å²) in [6.45, 7) is 0. The molecule has 0 spiro atoms. The summed E-state index contributed by atoms with van der Waals surface area (Å²) < 4.78 is 4.55. The Hall–Kier alpha value is -0.970. The van der Waals surface area contributed by atoms with Crippen molar-refractivity contribution in [3.05, 3.63) is 22.4 Å². The molecule has 0 saturated carbocycles. The summed E-state index contributed by atoms with van der Waals surface area (Å²) in [5, 5.41) is 10.2. The van der Waals surface area contributed by atoms with Gasteiger partial charge in [0.05, 0.1) is 11.0 Å². The van der Waals surface area contributed by atoms with Crippen molar-refractivity contribution in [2.45, 2.75) is 5.09 Å². The van der Waals surface area contributed by atoms with Crippen LogP contribution in [0.2, 0.25) is 0 Å².